The molecular formula is C6H5ClFNO2S. The van der Waals surface area contributed by atoms with Gasteiger partial charge in [0.25, 0.3) is 9.05 Å². The van der Waals surface area contributed by atoms with E-state index in [0.29, 0.717) is 5.69 Å². The van der Waals surface area contributed by atoms with Crippen LogP contribution in [0.3, 0.4) is 0 Å². The molecule has 66 valence electrons. The van der Waals surface area contributed by atoms with Crippen LogP contribution < -0.4 is 0 Å². The van der Waals surface area contributed by atoms with Crippen molar-refractivity contribution >= 4 is 19.7 Å². The van der Waals surface area contributed by atoms with E-state index in [0.717, 1.165) is 6.07 Å². The van der Waals surface area contributed by atoms with Gasteiger partial charge in [-0.2, -0.15) is 0 Å². The predicted molar refractivity (Wildman–Crippen MR) is 42.0 cm³/mol. The first-order chi connectivity index (χ1) is 5.41. The summed E-state index contributed by atoms with van der Waals surface area (Å²) in [6.45, 7) is 1.55. The smallest absolute Gasteiger partial charge is 0.238 e. The molecular weight excluding hydrogens is 205 g/mol. The molecule has 0 aliphatic heterocycles. The third-order valence-corrected chi connectivity index (χ3v) is 2.37. The van der Waals surface area contributed by atoms with Crippen LogP contribution in [0, 0.1) is 12.7 Å². The van der Waals surface area contributed by atoms with Crippen LogP contribution in [0.15, 0.2) is 17.2 Å². The lowest BCUT2D eigenvalue weighted by molar-refractivity contribution is 0.560. The van der Waals surface area contributed by atoms with Crippen molar-refractivity contribution in [3.8, 4) is 0 Å². The van der Waals surface area contributed by atoms with Gasteiger partial charge in [-0.05, 0) is 19.1 Å². The molecule has 0 aromatic carbocycles. The molecule has 0 saturated heterocycles. The standard InChI is InChI=1S/C6H5ClFNO2S/c1-4-2-3-5(8)6(9-4)12(7,10)11/h2-3H,1H3. The normalized spacial score (nSPS) is 11.6. The van der Waals surface area contributed by atoms with Crippen molar-refractivity contribution in [2.75, 3.05) is 0 Å². The number of aromatic nitrogens is 1. The summed E-state index contributed by atoms with van der Waals surface area (Å²) in [5.74, 6) is -0.935. The Kier molecular flexibility index (Phi) is 2.34. The quantitative estimate of drug-likeness (QED) is 0.658. The van der Waals surface area contributed by atoms with E-state index in [9.17, 15) is 12.8 Å². The lowest BCUT2D eigenvalue weighted by Gasteiger charge is -1.97. The number of hydrogen-bond donors (Lipinski definition) is 0. The maximum Gasteiger partial charge on any atom is 0.281 e. The molecule has 1 heterocycles. The average Bonchev–Trinajstić information content (AvgIpc) is 1.92. The largest absolute Gasteiger partial charge is 0.281 e. The molecule has 0 aliphatic rings. The molecule has 0 aliphatic carbocycles. The van der Waals surface area contributed by atoms with E-state index in [4.69, 9.17) is 10.7 Å². The molecule has 3 nitrogen and oxygen atoms in total. The molecule has 0 bridgehead atoms. The highest BCUT2D eigenvalue weighted by Gasteiger charge is 2.17. The average molecular weight is 210 g/mol. The van der Waals surface area contributed by atoms with Gasteiger partial charge in [0.15, 0.2) is 5.82 Å². The van der Waals surface area contributed by atoms with Crippen molar-refractivity contribution in [1.29, 1.82) is 0 Å². The van der Waals surface area contributed by atoms with Crippen LogP contribution in [0.1, 0.15) is 5.69 Å². The van der Waals surface area contributed by atoms with Crippen molar-refractivity contribution in [3.63, 3.8) is 0 Å². The van der Waals surface area contributed by atoms with Gasteiger partial charge in [0.2, 0.25) is 5.03 Å². The zero-order chi connectivity index (χ0) is 9.35. The van der Waals surface area contributed by atoms with Crippen molar-refractivity contribution in [2.45, 2.75) is 11.9 Å². The SMILES string of the molecule is Cc1ccc(F)c(S(=O)(=O)Cl)n1. The third kappa shape index (κ3) is 1.92. The number of rotatable bonds is 1. The van der Waals surface area contributed by atoms with Crippen LogP contribution >= 0.6 is 10.7 Å². The molecule has 1 aromatic rings. The summed E-state index contributed by atoms with van der Waals surface area (Å²) in [5.41, 5.74) is 0.399. The second-order valence-electron chi connectivity index (χ2n) is 2.18. The number of halogens is 2. The minimum Gasteiger partial charge on any atom is -0.238 e. The second-order valence-corrected chi connectivity index (χ2v) is 4.66. The Morgan fingerprint density at radius 1 is 1.50 bits per heavy atom. The van der Waals surface area contributed by atoms with E-state index < -0.39 is 19.9 Å². The molecule has 1 rings (SSSR count). The van der Waals surface area contributed by atoms with Gasteiger partial charge in [0.1, 0.15) is 0 Å². The summed E-state index contributed by atoms with van der Waals surface area (Å²) >= 11 is 0. The summed E-state index contributed by atoms with van der Waals surface area (Å²) in [6.07, 6.45) is 0. The van der Waals surface area contributed by atoms with Crippen LogP contribution in [-0.2, 0) is 9.05 Å². The Morgan fingerprint density at radius 2 is 2.08 bits per heavy atom. The van der Waals surface area contributed by atoms with Crippen LogP contribution in [0.5, 0.6) is 0 Å². The first kappa shape index (κ1) is 9.41. The Balaban J connectivity index is 3.43. The molecule has 0 spiro atoms. The minimum atomic E-state index is -4.07. The molecule has 0 unspecified atom stereocenters. The van der Waals surface area contributed by atoms with E-state index in [2.05, 4.69) is 4.98 Å². The van der Waals surface area contributed by atoms with Gasteiger partial charge in [0.05, 0.1) is 0 Å². The van der Waals surface area contributed by atoms with Gasteiger partial charge in [-0.25, -0.2) is 17.8 Å². The highest BCUT2D eigenvalue weighted by Crippen LogP contribution is 2.16. The van der Waals surface area contributed by atoms with Crippen LogP contribution in [0.4, 0.5) is 4.39 Å². The summed E-state index contributed by atoms with van der Waals surface area (Å²) in [7, 11) is 0.836. The topological polar surface area (TPSA) is 47.0 Å². The van der Waals surface area contributed by atoms with Crippen molar-refractivity contribution in [2.24, 2.45) is 0 Å². The molecule has 0 fully saturated rings. The van der Waals surface area contributed by atoms with Crippen molar-refractivity contribution in [1.82, 2.24) is 4.98 Å². The number of hydrogen-bond acceptors (Lipinski definition) is 3. The fourth-order valence-electron chi connectivity index (χ4n) is 0.687. The van der Waals surface area contributed by atoms with Crippen LogP contribution in [0.2, 0.25) is 0 Å². The Bertz CT molecular complexity index is 404. The van der Waals surface area contributed by atoms with E-state index >= 15 is 0 Å². The first-order valence-corrected chi connectivity index (χ1v) is 5.30. The van der Waals surface area contributed by atoms with E-state index in [1.807, 2.05) is 0 Å². The lowest BCUT2D eigenvalue weighted by atomic mass is 10.4. The summed E-state index contributed by atoms with van der Waals surface area (Å²) in [5, 5.41) is -0.718. The van der Waals surface area contributed by atoms with Gasteiger partial charge < -0.3 is 0 Å². The van der Waals surface area contributed by atoms with Crippen molar-refractivity contribution in [3.05, 3.63) is 23.6 Å². The first-order valence-electron chi connectivity index (χ1n) is 2.99. The molecule has 6 heteroatoms. The third-order valence-electron chi connectivity index (χ3n) is 1.18. The predicted octanol–water partition coefficient (Wildman–Crippen LogP) is 1.46. The van der Waals surface area contributed by atoms with Gasteiger partial charge in [-0.1, -0.05) is 0 Å². The Labute approximate surface area is 73.6 Å². The maximum atomic E-state index is 12.7. The summed E-state index contributed by atoms with van der Waals surface area (Å²) in [6, 6.07) is 2.37. The Morgan fingerprint density at radius 3 is 2.50 bits per heavy atom. The number of pyridine rings is 1. The summed E-state index contributed by atoms with van der Waals surface area (Å²) in [4.78, 5) is 3.45. The second kappa shape index (κ2) is 2.99. The van der Waals surface area contributed by atoms with Gasteiger partial charge in [0, 0.05) is 16.4 Å². The van der Waals surface area contributed by atoms with E-state index in [1.54, 1.807) is 6.92 Å². The monoisotopic (exact) mass is 209 g/mol. The van der Waals surface area contributed by atoms with Gasteiger partial charge >= 0.3 is 0 Å². The molecule has 0 amide bonds. The molecule has 12 heavy (non-hydrogen) atoms. The lowest BCUT2D eigenvalue weighted by Crippen LogP contribution is -2.00. The van der Waals surface area contributed by atoms with E-state index in [1.165, 1.54) is 6.07 Å². The molecule has 0 saturated carbocycles. The van der Waals surface area contributed by atoms with Crippen molar-refractivity contribution < 1.29 is 12.8 Å². The Hall–Kier alpha value is -0.680. The highest BCUT2D eigenvalue weighted by molar-refractivity contribution is 8.13. The molecule has 1 aromatic heterocycles. The van der Waals surface area contributed by atoms with Gasteiger partial charge in [-0.15, -0.1) is 0 Å². The fourth-order valence-corrected chi connectivity index (χ4v) is 1.57. The highest BCUT2D eigenvalue weighted by atomic mass is 35.7. The molecule has 0 atom stereocenters. The summed E-state index contributed by atoms with van der Waals surface area (Å²) < 4.78 is 34.1. The fraction of sp³-hybridized carbons (Fsp3) is 0.167. The van der Waals surface area contributed by atoms with E-state index in [-0.39, 0.29) is 0 Å². The minimum absolute atomic E-state index is 0.399. The molecule has 0 radical (unpaired) electrons. The maximum absolute atomic E-state index is 12.7. The zero-order valence-corrected chi connectivity index (χ0v) is 7.66. The number of nitrogens with zero attached hydrogens (tertiary/aromatic N) is 1. The molecule has 0 N–H and O–H groups in total. The van der Waals surface area contributed by atoms with Gasteiger partial charge in [-0.3, -0.25) is 0 Å². The van der Waals surface area contributed by atoms with Crippen LogP contribution in [-0.4, -0.2) is 13.4 Å². The zero-order valence-electron chi connectivity index (χ0n) is 6.08. The number of aryl methyl sites for hydroxylation is 1. The van der Waals surface area contributed by atoms with Crippen LogP contribution in [0.25, 0.3) is 0 Å².